The van der Waals surface area contributed by atoms with Gasteiger partial charge in [0.25, 0.3) is 0 Å². The Bertz CT molecular complexity index is 1210. The highest BCUT2D eigenvalue weighted by atomic mass is 32.2. The number of ketones is 1. The fourth-order valence-corrected chi connectivity index (χ4v) is 5.05. The molecule has 0 amide bonds. The van der Waals surface area contributed by atoms with Crippen LogP contribution in [0.2, 0.25) is 0 Å². The van der Waals surface area contributed by atoms with Crippen LogP contribution in [0.5, 0.6) is 0 Å². The second kappa shape index (κ2) is 8.05. The normalized spacial score (nSPS) is 11.2. The Balaban J connectivity index is 1.64. The predicted octanol–water partition coefficient (Wildman–Crippen LogP) is 5.96. The van der Waals surface area contributed by atoms with E-state index in [9.17, 15) is 4.79 Å². The number of carbonyl (C=O) groups is 1. The number of aromatic nitrogens is 3. The maximum Gasteiger partial charge on any atom is 0.173 e. The Morgan fingerprint density at radius 1 is 0.966 bits per heavy atom. The molecule has 29 heavy (non-hydrogen) atoms. The standard InChI is InChI=1S/C23H21N3OS2/c1-13-5-8-17(9-6-13)20-22-21(24-16(4)29-22)23(26-25-20)28-12-19(27)18-10-7-14(2)11-15(18)3/h5-11H,12H2,1-4H3. The van der Waals surface area contributed by atoms with Crippen molar-refractivity contribution in [3.05, 3.63) is 69.7 Å². The van der Waals surface area contributed by atoms with E-state index in [0.29, 0.717) is 10.8 Å². The van der Waals surface area contributed by atoms with Crippen LogP contribution in [0.4, 0.5) is 0 Å². The van der Waals surface area contributed by atoms with Crippen LogP contribution in [0.25, 0.3) is 21.5 Å². The van der Waals surface area contributed by atoms with Crippen LogP contribution in [0.3, 0.4) is 0 Å². The molecule has 0 bridgehead atoms. The molecule has 0 aliphatic heterocycles. The first-order valence-electron chi connectivity index (χ1n) is 9.36. The number of fused-ring (bicyclic) bond motifs is 1. The van der Waals surface area contributed by atoms with E-state index in [1.165, 1.54) is 17.3 Å². The third-order valence-corrected chi connectivity index (χ3v) is 6.67. The first kappa shape index (κ1) is 19.7. The molecule has 146 valence electrons. The molecule has 2 heterocycles. The van der Waals surface area contributed by atoms with Gasteiger partial charge in [0.2, 0.25) is 0 Å². The minimum Gasteiger partial charge on any atom is -0.293 e. The molecule has 2 aromatic heterocycles. The average molecular weight is 420 g/mol. The van der Waals surface area contributed by atoms with Crippen LogP contribution in [0.15, 0.2) is 47.5 Å². The van der Waals surface area contributed by atoms with Crippen molar-refractivity contribution in [2.24, 2.45) is 0 Å². The minimum atomic E-state index is 0.0945. The number of aryl methyl sites for hydroxylation is 4. The van der Waals surface area contributed by atoms with E-state index in [0.717, 1.165) is 43.2 Å². The van der Waals surface area contributed by atoms with E-state index in [4.69, 9.17) is 0 Å². The number of hydrogen-bond donors (Lipinski definition) is 0. The van der Waals surface area contributed by atoms with Crippen molar-refractivity contribution in [2.75, 3.05) is 5.75 Å². The van der Waals surface area contributed by atoms with Gasteiger partial charge in [-0.2, -0.15) is 0 Å². The lowest BCUT2D eigenvalue weighted by Gasteiger charge is -2.07. The molecular weight excluding hydrogens is 398 g/mol. The molecule has 0 aliphatic rings. The van der Waals surface area contributed by atoms with Crippen molar-refractivity contribution in [2.45, 2.75) is 32.7 Å². The highest BCUT2D eigenvalue weighted by Gasteiger charge is 2.18. The summed E-state index contributed by atoms with van der Waals surface area (Å²) in [5, 5.41) is 10.6. The maximum absolute atomic E-state index is 12.7. The summed E-state index contributed by atoms with van der Waals surface area (Å²) in [5.41, 5.74) is 6.83. The zero-order valence-electron chi connectivity index (χ0n) is 16.8. The lowest BCUT2D eigenvalue weighted by molar-refractivity contribution is 0.102. The molecular formula is C23H21N3OS2. The van der Waals surface area contributed by atoms with E-state index < -0.39 is 0 Å². The molecule has 4 nitrogen and oxygen atoms in total. The Labute approximate surface area is 178 Å². The molecule has 0 atom stereocenters. The number of thioether (sulfide) groups is 1. The molecule has 0 spiro atoms. The fraction of sp³-hybridized carbons (Fsp3) is 0.217. The fourth-order valence-electron chi connectivity index (χ4n) is 3.26. The summed E-state index contributed by atoms with van der Waals surface area (Å²) in [5.74, 6) is 0.408. The summed E-state index contributed by atoms with van der Waals surface area (Å²) in [4.78, 5) is 17.4. The van der Waals surface area contributed by atoms with E-state index in [-0.39, 0.29) is 5.78 Å². The van der Waals surface area contributed by atoms with Crippen molar-refractivity contribution < 1.29 is 4.79 Å². The van der Waals surface area contributed by atoms with Gasteiger partial charge in [0.15, 0.2) is 5.78 Å². The summed E-state index contributed by atoms with van der Waals surface area (Å²) in [7, 11) is 0. The zero-order chi connectivity index (χ0) is 20.5. The number of nitrogens with zero attached hydrogens (tertiary/aromatic N) is 3. The van der Waals surface area contributed by atoms with Crippen LogP contribution < -0.4 is 0 Å². The molecule has 0 N–H and O–H groups in total. The molecule has 0 aliphatic carbocycles. The van der Waals surface area contributed by atoms with Gasteiger partial charge in [0, 0.05) is 11.1 Å². The molecule has 4 rings (SSSR count). The van der Waals surface area contributed by atoms with Crippen molar-refractivity contribution in [3.8, 4) is 11.3 Å². The topological polar surface area (TPSA) is 55.7 Å². The number of rotatable bonds is 5. The molecule has 0 unspecified atom stereocenters. The van der Waals surface area contributed by atoms with Gasteiger partial charge in [-0.3, -0.25) is 4.79 Å². The molecule has 0 saturated carbocycles. The number of thiazole rings is 1. The molecule has 2 aromatic carbocycles. The van der Waals surface area contributed by atoms with Crippen LogP contribution >= 0.6 is 23.1 Å². The maximum atomic E-state index is 12.7. The SMILES string of the molecule is Cc1ccc(-c2nnc(SCC(=O)c3ccc(C)cc3C)c3nc(C)sc23)cc1. The summed E-state index contributed by atoms with van der Waals surface area (Å²) in [6, 6.07) is 14.2. The molecule has 6 heteroatoms. The van der Waals surface area contributed by atoms with Crippen LogP contribution in [0.1, 0.15) is 32.1 Å². The number of benzene rings is 2. The van der Waals surface area contributed by atoms with Crippen LogP contribution in [-0.4, -0.2) is 26.7 Å². The first-order valence-corrected chi connectivity index (χ1v) is 11.2. The molecule has 0 radical (unpaired) electrons. The van der Waals surface area contributed by atoms with Gasteiger partial charge in [-0.05, 0) is 33.3 Å². The van der Waals surface area contributed by atoms with E-state index >= 15 is 0 Å². The first-order chi connectivity index (χ1) is 13.9. The Kier molecular flexibility index (Phi) is 5.48. The predicted molar refractivity (Wildman–Crippen MR) is 121 cm³/mol. The molecule has 4 aromatic rings. The summed E-state index contributed by atoms with van der Waals surface area (Å²) in [6.07, 6.45) is 0. The Morgan fingerprint density at radius 2 is 1.69 bits per heavy atom. The van der Waals surface area contributed by atoms with Gasteiger partial charge in [-0.25, -0.2) is 4.98 Å². The van der Waals surface area contributed by atoms with Crippen LogP contribution in [-0.2, 0) is 0 Å². The average Bonchev–Trinajstić information content (AvgIpc) is 3.08. The second-order valence-electron chi connectivity index (χ2n) is 7.16. The third-order valence-electron chi connectivity index (χ3n) is 4.74. The largest absolute Gasteiger partial charge is 0.293 e. The summed E-state index contributed by atoms with van der Waals surface area (Å²) < 4.78 is 1.02. The smallest absolute Gasteiger partial charge is 0.173 e. The number of Topliss-reactive ketones (excluding diaryl/α,β-unsaturated/α-hetero) is 1. The quantitative estimate of drug-likeness (QED) is 0.295. The Morgan fingerprint density at radius 3 is 2.41 bits per heavy atom. The second-order valence-corrected chi connectivity index (χ2v) is 9.33. The van der Waals surface area contributed by atoms with E-state index in [1.54, 1.807) is 11.3 Å². The van der Waals surface area contributed by atoms with Gasteiger partial charge < -0.3 is 0 Å². The van der Waals surface area contributed by atoms with Crippen molar-refractivity contribution in [3.63, 3.8) is 0 Å². The zero-order valence-corrected chi connectivity index (χ0v) is 18.4. The van der Waals surface area contributed by atoms with Crippen molar-refractivity contribution in [1.29, 1.82) is 0 Å². The minimum absolute atomic E-state index is 0.0945. The molecule has 0 fully saturated rings. The van der Waals surface area contributed by atoms with Gasteiger partial charge in [-0.1, -0.05) is 65.4 Å². The van der Waals surface area contributed by atoms with E-state index in [1.807, 2.05) is 39.0 Å². The third kappa shape index (κ3) is 4.09. The highest BCUT2D eigenvalue weighted by molar-refractivity contribution is 8.00. The van der Waals surface area contributed by atoms with Gasteiger partial charge in [0.1, 0.15) is 16.2 Å². The summed E-state index contributed by atoms with van der Waals surface area (Å²) in [6.45, 7) is 8.05. The van der Waals surface area contributed by atoms with Crippen LogP contribution in [0, 0.1) is 27.7 Å². The Hall–Kier alpha value is -2.57. The van der Waals surface area contributed by atoms with Gasteiger partial charge in [0.05, 0.1) is 15.5 Å². The monoisotopic (exact) mass is 419 g/mol. The van der Waals surface area contributed by atoms with E-state index in [2.05, 4.69) is 46.4 Å². The van der Waals surface area contributed by atoms with Gasteiger partial charge in [-0.15, -0.1) is 21.5 Å². The lowest BCUT2D eigenvalue weighted by atomic mass is 10.0. The molecule has 0 saturated heterocycles. The number of hydrogen-bond acceptors (Lipinski definition) is 6. The van der Waals surface area contributed by atoms with Gasteiger partial charge >= 0.3 is 0 Å². The summed E-state index contributed by atoms with van der Waals surface area (Å²) >= 11 is 3.02. The van der Waals surface area contributed by atoms with Crippen molar-refractivity contribution >= 4 is 39.1 Å². The van der Waals surface area contributed by atoms with Crippen molar-refractivity contribution in [1.82, 2.24) is 15.2 Å². The number of carbonyl (C=O) groups excluding carboxylic acids is 1. The lowest BCUT2D eigenvalue weighted by Crippen LogP contribution is -2.05. The highest BCUT2D eigenvalue weighted by Crippen LogP contribution is 2.35.